The van der Waals surface area contributed by atoms with Gasteiger partial charge in [0.25, 0.3) is 10.5 Å². The Kier molecular flexibility index (Phi) is 17.5. The average Bonchev–Trinajstić information content (AvgIpc) is 2.75. The molecule has 0 atom stereocenters. The first-order valence-corrected chi connectivity index (χ1v) is 11.7. The fourth-order valence-corrected chi connectivity index (χ4v) is 3.23. The number of hydrogen-bond acceptors (Lipinski definition) is 3. The van der Waals surface area contributed by atoms with E-state index in [1.54, 1.807) is 5.56 Å². The van der Waals surface area contributed by atoms with Crippen molar-refractivity contribution in [1.29, 1.82) is 0 Å². The van der Waals surface area contributed by atoms with Crippen molar-refractivity contribution in [3.8, 4) is 0 Å². The van der Waals surface area contributed by atoms with Crippen LogP contribution in [0.3, 0.4) is 0 Å². The summed E-state index contributed by atoms with van der Waals surface area (Å²) in [7, 11) is 5.76. The van der Waals surface area contributed by atoms with E-state index in [0.717, 1.165) is 12.5 Å². The molecule has 1 saturated carbocycles. The standard InChI is InChI=1S/C15H23N.C7H8.C2H5NOS.CH3NOS/c1-16(2)12-13-8-10-15(11-9-13)14-6-4-3-5-7-14;1-7-5-3-2-4-6-7;1-3-2(4)5;2-1(3)4/h8-11,14H,3-7,12H2,1-2H3;2-6H,1H3;1H3,(H2,3,4,5);(H3,2,3,4). The van der Waals surface area contributed by atoms with Crippen molar-refractivity contribution < 1.29 is 9.59 Å². The first-order valence-electron chi connectivity index (χ1n) is 10.8. The van der Waals surface area contributed by atoms with Crippen LogP contribution < -0.4 is 11.1 Å². The molecule has 0 bridgehead atoms. The Bertz CT molecular complexity index is 744. The molecule has 0 unspecified atom stereocenters. The van der Waals surface area contributed by atoms with Crippen molar-refractivity contribution >= 4 is 35.7 Å². The second-order valence-corrected chi connectivity index (χ2v) is 8.71. The minimum absolute atomic E-state index is 0.301. The number of nitrogens with one attached hydrogen (secondary N) is 1. The van der Waals surface area contributed by atoms with E-state index in [2.05, 4.69) is 98.6 Å². The Morgan fingerprint density at radius 1 is 0.969 bits per heavy atom. The van der Waals surface area contributed by atoms with Crippen LogP contribution in [0.2, 0.25) is 0 Å². The molecule has 0 aromatic heterocycles. The highest BCUT2D eigenvalue weighted by Crippen LogP contribution is 2.32. The number of nitrogens with two attached hydrogens (primary N) is 1. The summed E-state index contributed by atoms with van der Waals surface area (Å²) in [6.45, 7) is 3.13. The third kappa shape index (κ3) is 17.7. The van der Waals surface area contributed by atoms with Gasteiger partial charge in [0.2, 0.25) is 0 Å². The number of hydrogen-bond donors (Lipinski definition) is 4. The second kappa shape index (κ2) is 18.6. The van der Waals surface area contributed by atoms with Gasteiger partial charge in [0.15, 0.2) is 0 Å². The molecule has 1 fully saturated rings. The molecule has 2 aromatic carbocycles. The van der Waals surface area contributed by atoms with Crippen LogP contribution in [0, 0.1) is 6.92 Å². The summed E-state index contributed by atoms with van der Waals surface area (Å²) < 4.78 is 0. The number of carbonyl (C=O) groups is 2. The molecule has 0 spiro atoms. The first kappa shape index (κ1) is 30.0. The van der Waals surface area contributed by atoms with Crippen molar-refractivity contribution in [2.45, 2.75) is 51.5 Å². The highest BCUT2D eigenvalue weighted by Gasteiger charge is 2.14. The van der Waals surface area contributed by atoms with Gasteiger partial charge in [-0.3, -0.25) is 9.59 Å². The molecular weight excluding hydrogens is 438 g/mol. The second-order valence-electron chi connectivity index (χ2n) is 7.86. The summed E-state index contributed by atoms with van der Waals surface area (Å²) in [6.07, 6.45) is 7.07. The highest BCUT2D eigenvalue weighted by atomic mass is 32.1. The summed E-state index contributed by atoms with van der Waals surface area (Å²) in [5.74, 6) is 0.835. The van der Waals surface area contributed by atoms with Gasteiger partial charge >= 0.3 is 0 Å². The summed E-state index contributed by atoms with van der Waals surface area (Å²) in [5, 5.41) is 1.31. The molecule has 2 amide bonds. The van der Waals surface area contributed by atoms with Gasteiger partial charge in [-0.25, -0.2) is 0 Å². The van der Waals surface area contributed by atoms with E-state index in [9.17, 15) is 4.79 Å². The molecule has 7 heteroatoms. The maximum Gasteiger partial charge on any atom is 0.275 e. The topological polar surface area (TPSA) is 75.4 Å². The van der Waals surface area contributed by atoms with Crippen LogP contribution >= 0.6 is 25.3 Å². The third-order valence-corrected chi connectivity index (χ3v) is 4.93. The van der Waals surface area contributed by atoms with E-state index in [1.165, 1.54) is 50.3 Å². The Morgan fingerprint density at radius 2 is 1.44 bits per heavy atom. The van der Waals surface area contributed by atoms with E-state index in [1.807, 2.05) is 18.2 Å². The number of rotatable bonds is 3. The number of nitrogens with zero attached hydrogens (tertiary/aromatic N) is 1. The predicted molar refractivity (Wildman–Crippen MR) is 143 cm³/mol. The summed E-state index contributed by atoms with van der Waals surface area (Å²) in [4.78, 5) is 20.9. The van der Waals surface area contributed by atoms with Crippen LogP contribution in [-0.2, 0) is 6.54 Å². The zero-order valence-corrected chi connectivity index (χ0v) is 21.5. The Hall–Kier alpha value is -1.96. The molecular formula is C25H39N3O2S2. The fourth-order valence-electron chi connectivity index (χ4n) is 3.23. The Labute approximate surface area is 205 Å². The molecule has 32 heavy (non-hydrogen) atoms. The number of primary amides is 1. The molecule has 3 N–H and O–H groups in total. The number of thiol groups is 2. The van der Waals surface area contributed by atoms with Crippen molar-refractivity contribution in [3.63, 3.8) is 0 Å². The van der Waals surface area contributed by atoms with Gasteiger partial charge in [-0.2, -0.15) is 0 Å². The Balaban J connectivity index is 0.000000495. The van der Waals surface area contributed by atoms with Crippen molar-refractivity contribution in [1.82, 2.24) is 10.2 Å². The minimum Gasteiger partial charge on any atom is -0.361 e. The lowest BCUT2D eigenvalue weighted by molar-refractivity contribution is 0.262. The molecule has 0 saturated heterocycles. The normalized spacial score (nSPS) is 12.7. The summed E-state index contributed by atoms with van der Waals surface area (Å²) in [5.41, 5.74) is 8.64. The summed E-state index contributed by atoms with van der Waals surface area (Å²) >= 11 is 6.45. The zero-order valence-electron chi connectivity index (χ0n) is 19.8. The van der Waals surface area contributed by atoms with E-state index in [4.69, 9.17) is 4.79 Å². The molecule has 2 aromatic rings. The minimum atomic E-state index is -0.639. The molecule has 3 rings (SSSR count). The van der Waals surface area contributed by atoms with Gasteiger partial charge in [-0.05, 0) is 50.9 Å². The van der Waals surface area contributed by atoms with Crippen LogP contribution in [0.15, 0.2) is 54.6 Å². The van der Waals surface area contributed by atoms with Gasteiger partial charge < -0.3 is 16.0 Å². The molecule has 0 radical (unpaired) electrons. The number of aryl methyl sites for hydroxylation is 1. The molecule has 178 valence electrons. The van der Waals surface area contributed by atoms with Gasteiger partial charge in [0.05, 0.1) is 0 Å². The molecule has 0 aliphatic heterocycles. The smallest absolute Gasteiger partial charge is 0.275 e. The third-order valence-electron chi connectivity index (χ3n) is 4.71. The number of benzene rings is 2. The maximum atomic E-state index is 9.57. The van der Waals surface area contributed by atoms with Gasteiger partial charge in [0.1, 0.15) is 0 Å². The van der Waals surface area contributed by atoms with E-state index in [0.29, 0.717) is 0 Å². The SMILES string of the molecule is CN(C)Cc1ccc(C2CCCCC2)cc1.CNC(=O)S.Cc1ccccc1.NC(=O)S. The Morgan fingerprint density at radius 3 is 1.78 bits per heavy atom. The van der Waals surface area contributed by atoms with Crippen LogP contribution in [0.4, 0.5) is 9.59 Å². The van der Waals surface area contributed by atoms with Crippen LogP contribution in [-0.4, -0.2) is 36.5 Å². The number of carbonyl (C=O) groups excluding carboxylic acids is 2. The molecule has 1 aliphatic rings. The van der Waals surface area contributed by atoms with E-state index in [-0.39, 0.29) is 5.24 Å². The lowest BCUT2D eigenvalue weighted by atomic mass is 9.84. The molecule has 5 nitrogen and oxygen atoms in total. The highest BCUT2D eigenvalue weighted by molar-refractivity contribution is 7.96. The van der Waals surface area contributed by atoms with Crippen molar-refractivity contribution in [3.05, 3.63) is 71.3 Å². The molecule has 0 heterocycles. The average molecular weight is 478 g/mol. The van der Waals surface area contributed by atoms with Gasteiger partial charge in [-0.1, -0.05) is 105 Å². The first-order chi connectivity index (χ1) is 15.1. The fraction of sp³-hybridized carbons (Fsp3) is 0.440. The van der Waals surface area contributed by atoms with Crippen LogP contribution in [0.1, 0.15) is 54.7 Å². The van der Waals surface area contributed by atoms with Crippen LogP contribution in [0.25, 0.3) is 0 Å². The van der Waals surface area contributed by atoms with Gasteiger partial charge in [-0.15, -0.1) is 0 Å². The lowest BCUT2D eigenvalue weighted by Crippen LogP contribution is -2.10. The maximum absolute atomic E-state index is 9.57. The largest absolute Gasteiger partial charge is 0.361 e. The molecule has 1 aliphatic carbocycles. The quantitative estimate of drug-likeness (QED) is 0.407. The lowest BCUT2D eigenvalue weighted by Gasteiger charge is -2.22. The summed E-state index contributed by atoms with van der Waals surface area (Å²) in [6, 6.07) is 19.5. The number of amides is 2. The van der Waals surface area contributed by atoms with Crippen molar-refractivity contribution in [2.24, 2.45) is 5.73 Å². The van der Waals surface area contributed by atoms with Gasteiger partial charge in [0, 0.05) is 13.6 Å². The van der Waals surface area contributed by atoms with Crippen molar-refractivity contribution in [2.75, 3.05) is 21.1 Å². The van der Waals surface area contributed by atoms with Crippen LogP contribution in [0.5, 0.6) is 0 Å². The zero-order chi connectivity index (χ0) is 24.4. The van der Waals surface area contributed by atoms with E-state index >= 15 is 0 Å². The predicted octanol–water partition coefficient (Wildman–Crippen LogP) is 6.04. The van der Waals surface area contributed by atoms with E-state index < -0.39 is 5.24 Å². The monoisotopic (exact) mass is 477 g/mol.